The Kier molecular flexibility index (Phi) is 7.17. The van der Waals surface area contributed by atoms with Crippen molar-refractivity contribution in [3.8, 4) is 0 Å². The van der Waals surface area contributed by atoms with Gasteiger partial charge < -0.3 is 14.9 Å². The fourth-order valence-corrected chi connectivity index (χ4v) is 9.94. The van der Waals surface area contributed by atoms with Crippen LogP contribution < -0.4 is 0 Å². The van der Waals surface area contributed by atoms with Crippen molar-refractivity contribution in [1.82, 2.24) is 0 Å². The number of fused-ring (bicyclic) bond motifs is 5. The van der Waals surface area contributed by atoms with E-state index < -0.39 is 57.5 Å². The van der Waals surface area contributed by atoms with Gasteiger partial charge in [0, 0.05) is 11.8 Å². The van der Waals surface area contributed by atoms with Crippen LogP contribution in [0.15, 0.2) is 46.9 Å². The molecule has 8 nitrogen and oxygen atoms in total. The van der Waals surface area contributed by atoms with E-state index in [-0.39, 0.29) is 46.7 Å². The molecule has 0 amide bonds. The second-order valence-corrected chi connectivity index (χ2v) is 14.5. The largest absolute Gasteiger partial charge is 0.450 e. The van der Waals surface area contributed by atoms with Crippen molar-refractivity contribution in [2.24, 2.45) is 28.6 Å². The average Bonchev–Trinajstić information content (AvgIpc) is 3.19. The summed E-state index contributed by atoms with van der Waals surface area (Å²) in [6, 6.07) is 7.85. The van der Waals surface area contributed by atoms with E-state index in [1.807, 2.05) is 6.92 Å². The van der Waals surface area contributed by atoms with Gasteiger partial charge in [-0.1, -0.05) is 37.6 Å². The Bertz CT molecular complexity index is 1300. The fourth-order valence-electron chi connectivity index (χ4n) is 8.69. The van der Waals surface area contributed by atoms with E-state index in [9.17, 15) is 33.0 Å². The number of carbonyl (C=O) groups excluding carboxylic acids is 3. The van der Waals surface area contributed by atoms with Gasteiger partial charge in [-0.25, -0.2) is 8.42 Å². The lowest BCUT2D eigenvalue weighted by Gasteiger charge is -2.60. The van der Waals surface area contributed by atoms with Crippen molar-refractivity contribution >= 4 is 27.4 Å². The van der Waals surface area contributed by atoms with Crippen molar-refractivity contribution in [3.05, 3.63) is 42.0 Å². The third kappa shape index (κ3) is 4.41. The molecule has 1 aromatic rings. The first-order chi connectivity index (χ1) is 18.4. The Morgan fingerprint density at radius 1 is 1.08 bits per heavy atom. The zero-order valence-electron chi connectivity index (χ0n) is 22.6. The third-order valence-electron chi connectivity index (χ3n) is 10.6. The molecule has 7 atom stereocenters. The summed E-state index contributed by atoms with van der Waals surface area (Å²) in [7, 11) is -3.72. The number of ether oxygens (including phenoxy) is 1. The Balaban J connectivity index is 1.41. The van der Waals surface area contributed by atoms with Crippen molar-refractivity contribution in [3.63, 3.8) is 0 Å². The van der Waals surface area contributed by atoms with Gasteiger partial charge in [-0.15, -0.1) is 0 Å². The number of aliphatic hydroxyl groups excluding tert-OH is 2. The number of sulfone groups is 1. The number of esters is 1. The van der Waals surface area contributed by atoms with E-state index in [0.717, 1.165) is 18.4 Å². The summed E-state index contributed by atoms with van der Waals surface area (Å²) in [5.41, 5.74) is -1.74. The van der Waals surface area contributed by atoms with E-state index in [1.54, 1.807) is 24.3 Å². The number of carbonyl (C=O) groups is 3. The van der Waals surface area contributed by atoms with Crippen molar-refractivity contribution < 1.29 is 37.8 Å². The van der Waals surface area contributed by atoms with Crippen LogP contribution in [0.3, 0.4) is 0 Å². The van der Waals surface area contributed by atoms with Crippen LogP contribution in [0.5, 0.6) is 0 Å². The number of aliphatic hydroxyl groups is 2. The summed E-state index contributed by atoms with van der Waals surface area (Å²) in [5, 5.41) is 21.6. The monoisotopic (exact) mass is 558 g/mol. The topological polar surface area (TPSA) is 135 Å². The quantitative estimate of drug-likeness (QED) is 0.487. The SMILES string of the molecule is CC12CCC(=O)C=C1CCC1C2C(O)CC2(C)C1CCC2(OC(=O)CCS(=O)(=O)c1ccccc1)C(=O)CO. The molecule has 212 valence electrons. The lowest BCUT2D eigenvalue weighted by atomic mass is 9.45. The van der Waals surface area contributed by atoms with Gasteiger partial charge in [-0.2, -0.15) is 0 Å². The lowest BCUT2D eigenvalue weighted by molar-refractivity contribution is -0.202. The summed E-state index contributed by atoms with van der Waals surface area (Å²) < 4.78 is 31.4. The molecule has 5 rings (SSSR count). The van der Waals surface area contributed by atoms with Gasteiger partial charge in [0.1, 0.15) is 6.61 Å². The van der Waals surface area contributed by atoms with Crippen molar-refractivity contribution in [2.45, 2.75) is 81.8 Å². The number of benzene rings is 1. The molecule has 3 saturated carbocycles. The van der Waals surface area contributed by atoms with Crippen LogP contribution in [0.25, 0.3) is 0 Å². The molecule has 9 heteroatoms. The van der Waals surface area contributed by atoms with Crippen LogP contribution in [0.2, 0.25) is 0 Å². The lowest BCUT2D eigenvalue weighted by Crippen LogP contribution is -2.63. The molecule has 0 radical (unpaired) electrons. The van der Waals surface area contributed by atoms with Gasteiger partial charge in [0.2, 0.25) is 5.78 Å². The molecular weight excluding hydrogens is 520 g/mol. The predicted molar refractivity (Wildman–Crippen MR) is 142 cm³/mol. The van der Waals surface area contributed by atoms with Crippen molar-refractivity contribution in [2.75, 3.05) is 12.4 Å². The number of hydrogen-bond acceptors (Lipinski definition) is 8. The van der Waals surface area contributed by atoms with Crippen LogP contribution in [0.4, 0.5) is 0 Å². The molecule has 1 aromatic carbocycles. The van der Waals surface area contributed by atoms with Crippen molar-refractivity contribution in [1.29, 1.82) is 0 Å². The highest BCUT2D eigenvalue weighted by Gasteiger charge is 2.70. The molecule has 0 bridgehead atoms. The van der Waals surface area contributed by atoms with E-state index in [4.69, 9.17) is 4.74 Å². The molecule has 2 N–H and O–H groups in total. The van der Waals surface area contributed by atoms with E-state index in [0.29, 0.717) is 19.3 Å². The van der Waals surface area contributed by atoms with E-state index in [1.165, 1.54) is 12.1 Å². The summed E-state index contributed by atoms with van der Waals surface area (Å²) >= 11 is 0. The zero-order valence-corrected chi connectivity index (χ0v) is 23.4. The molecular formula is C30H38O8S. The number of Topliss-reactive ketones (excluding diaryl/α,β-unsaturated/α-hetero) is 1. The number of ketones is 2. The molecule has 7 unspecified atom stereocenters. The predicted octanol–water partition coefficient (Wildman–Crippen LogP) is 3.20. The van der Waals surface area contributed by atoms with Gasteiger partial charge >= 0.3 is 5.97 Å². The second-order valence-electron chi connectivity index (χ2n) is 12.4. The maximum Gasteiger partial charge on any atom is 0.307 e. The standard InChI is InChI=1S/C30H38O8S/c1-28-13-10-20(32)16-19(28)8-9-22-23-11-14-30(25(34)18-31,29(23,2)17-24(33)27(22)28)38-26(35)12-15-39(36,37)21-6-4-3-5-7-21/h3-7,16,22-24,27,31,33H,8-15,17-18H2,1-2H3. The highest BCUT2D eigenvalue weighted by atomic mass is 32.2. The molecule has 4 aliphatic rings. The molecule has 0 aromatic heterocycles. The summed E-state index contributed by atoms with van der Waals surface area (Å²) in [6.45, 7) is 3.21. The van der Waals surface area contributed by atoms with Crippen LogP contribution in [0.1, 0.15) is 65.2 Å². The summed E-state index contributed by atoms with van der Waals surface area (Å²) in [4.78, 5) is 38.8. The minimum Gasteiger partial charge on any atom is -0.450 e. The summed E-state index contributed by atoms with van der Waals surface area (Å²) in [6.07, 6.45) is 4.26. The van der Waals surface area contributed by atoms with Crippen LogP contribution >= 0.6 is 0 Å². The van der Waals surface area contributed by atoms with Gasteiger partial charge in [0.25, 0.3) is 0 Å². The van der Waals surface area contributed by atoms with Gasteiger partial charge in [0.15, 0.2) is 21.2 Å². The number of rotatable bonds is 7. The Morgan fingerprint density at radius 2 is 1.79 bits per heavy atom. The molecule has 0 spiro atoms. The normalized spacial score (nSPS) is 37.7. The Hall–Kier alpha value is -2.36. The zero-order chi connectivity index (χ0) is 28.2. The van der Waals surface area contributed by atoms with Gasteiger partial charge in [-0.3, -0.25) is 14.4 Å². The highest BCUT2D eigenvalue weighted by Crippen LogP contribution is 2.68. The minimum absolute atomic E-state index is 0.0294. The van der Waals surface area contributed by atoms with E-state index >= 15 is 0 Å². The Labute approximate surface area is 229 Å². The van der Waals surface area contributed by atoms with Crippen LogP contribution in [0, 0.1) is 28.6 Å². The first kappa shape index (κ1) is 28.2. The molecule has 39 heavy (non-hydrogen) atoms. The molecule has 0 saturated heterocycles. The minimum atomic E-state index is -3.72. The maximum absolute atomic E-state index is 13.4. The number of hydrogen-bond donors (Lipinski definition) is 2. The molecule has 4 aliphatic carbocycles. The average molecular weight is 559 g/mol. The fraction of sp³-hybridized carbons (Fsp3) is 0.633. The molecule has 0 aliphatic heterocycles. The van der Waals surface area contributed by atoms with Gasteiger partial charge in [0.05, 0.1) is 23.2 Å². The third-order valence-corrected chi connectivity index (χ3v) is 12.3. The molecule has 3 fully saturated rings. The van der Waals surface area contributed by atoms with Gasteiger partial charge in [-0.05, 0) is 79.9 Å². The number of allylic oxidation sites excluding steroid dienone is 1. The second kappa shape index (κ2) is 9.93. The van der Waals surface area contributed by atoms with Crippen LogP contribution in [-0.2, 0) is 29.0 Å². The first-order valence-corrected chi connectivity index (χ1v) is 15.6. The van der Waals surface area contributed by atoms with Crippen LogP contribution in [-0.4, -0.2) is 60.2 Å². The highest BCUT2D eigenvalue weighted by molar-refractivity contribution is 7.91. The maximum atomic E-state index is 13.4. The summed E-state index contributed by atoms with van der Waals surface area (Å²) in [5.74, 6) is -1.78. The Morgan fingerprint density at radius 3 is 2.49 bits per heavy atom. The first-order valence-electron chi connectivity index (χ1n) is 13.9. The molecule has 0 heterocycles. The smallest absolute Gasteiger partial charge is 0.307 e. The van der Waals surface area contributed by atoms with E-state index in [2.05, 4.69) is 6.92 Å².